The molecule has 0 aliphatic rings. The minimum absolute atomic E-state index is 0.0379. The average Bonchev–Trinajstić information content (AvgIpc) is 3.58. The average molecular weight is 553 g/mol. The minimum atomic E-state index is -5.22. The van der Waals surface area contributed by atoms with Crippen LogP contribution in [0.4, 0.5) is 29.3 Å². The molecular formula is C27H21F3N5O3S+. The zero-order chi connectivity index (χ0) is 27.6. The molecule has 5 aromatic rings. The Morgan fingerprint density at radius 1 is 1.05 bits per heavy atom. The van der Waals surface area contributed by atoms with E-state index in [1.165, 1.54) is 22.9 Å². The number of benzene rings is 3. The fourth-order valence-corrected chi connectivity index (χ4v) is 4.62. The van der Waals surface area contributed by atoms with Crippen LogP contribution in [0.15, 0.2) is 89.8 Å². The van der Waals surface area contributed by atoms with Crippen LogP contribution in [-0.4, -0.2) is 28.1 Å². The summed E-state index contributed by atoms with van der Waals surface area (Å²) in [6.07, 6.45) is -5.22. The highest BCUT2D eigenvalue weighted by Crippen LogP contribution is 2.29. The van der Waals surface area contributed by atoms with Gasteiger partial charge in [0.05, 0.1) is 11.6 Å². The third-order valence-corrected chi connectivity index (χ3v) is 6.51. The van der Waals surface area contributed by atoms with E-state index in [4.69, 9.17) is 4.84 Å². The quantitative estimate of drug-likeness (QED) is 0.257. The van der Waals surface area contributed by atoms with Crippen molar-refractivity contribution in [3.63, 3.8) is 0 Å². The van der Waals surface area contributed by atoms with Crippen molar-refractivity contribution in [1.82, 2.24) is 9.97 Å². The van der Waals surface area contributed by atoms with Crippen LogP contribution in [0.1, 0.15) is 18.5 Å². The van der Waals surface area contributed by atoms with Crippen LogP contribution in [0.25, 0.3) is 22.6 Å². The van der Waals surface area contributed by atoms with Crippen LogP contribution in [0.5, 0.6) is 0 Å². The van der Waals surface area contributed by atoms with Gasteiger partial charge >= 0.3 is 24.0 Å². The van der Waals surface area contributed by atoms with Gasteiger partial charge in [-0.15, -0.1) is 11.3 Å². The molecule has 0 fully saturated rings. The number of nitrogens with one attached hydrogen (secondary N) is 2. The SMILES string of the molecule is CC(c1ccccc1)N(C(=O)Nc1ccc2[nH]c(-c3cscn3)[n+](OC(=O)C(F)(F)F)c2c1)c1ccccc1. The number of nitrogens with zero attached hydrogens (tertiary/aromatic N) is 3. The second-order valence-corrected chi connectivity index (χ2v) is 9.19. The Morgan fingerprint density at radius 2 is 1.74 bits per heavy atom. The molecule has 0 bridgehead atoms. The fraction of sp³-hybridized carbons (Fsp3) is 0.111. The third-order valence-electron chi connectivity index (χ3n) is 5.93. The van der Waals surface area contributed by atoms with Gasteiger partial charge in [-0.2, -0.15) is 13.2 Å². The molecule has 0 spiro atoms. The number of carbonyl (C=O) groups is 2. The number of carbonyl (C=O) groups excluding carboxylic acids is 2. The molecule has 0 aliphatic carbocycles. The first-order chi connectivity index (χ1) is 18.7. The van der Waals surface area contributed by atoms with Crippen molar-refractivity contribution in [2.24, 2.45) is 0 Å². The summed E-state index contributed by atoms with van der Waals surface area (Å²) in [5, 5.41) is 4.41. The molecule has 1 unspecified atom stereocenters. The minimum Gasteiger partial charge on any atom is -0.307 e. The third kappa shape index (κ3) is 5.46. The first-order valence-electron chi connectivity index (χ1n) is 11.7. The summed E-state index contributed by atoms with van der Waals surface area (Å²) >= 11 is 1.22. The van der Waals surface area contributed by atoms with E-state index in [1.807, 2.05) is 55.5 Å². The molecule has 5 rings (SSSR count). The Balaban J connectivity index is 1.52. The molecule has 2 N–H and O–H groups in total. The van der Waals surface area contributed by atoms with Crippen LogP contribution in [0.3, 0.4) is 0 Å². The van der Waals surface area contributed by atoms with Crippen LogP contribution in [0, 0.1) is 0 Å². The summed E-state index contributed by atoms with van der Waals surface area (Å²) in [6, 6.07) is 22.3. The van der Waals surface area contributed by atoms with E-state index in [0.29, 0.717) is 11.2 Å². The number of hydrogen-bond donors (Lipinski definition) is 2. The van der Waals surface area contributed by atoms with Gasteiger partial charge in [0.2, 0.25) is 5.52 Å². The molecule has 39 heavy (non-hydrogen) atoms. The lowest BCUT2D eigenvalue weighted by Crippen LogP contribution is -2.51. The monoisotopic (exact) mass is 552 g/mol. The standard InChI is InChI=1S/C27H20F3N5O3S/c1-17(18-8-4-2-5-9-18)34(20-10-6-3-7-11-20)26(37)32-19-12-13-21-23(14-19)35(38-25(36)27(28,29)30)24(33-21)22-15-39-16-31-22/h2-17H,1H3,(H,32,37)/p+1. The summed E-state index contributed by atoms with van der Waals surface area (Å²) in [5.41, 5.74) is 4.06. The molecule has 0 saturated heterocycles. The first-order valence-corrected chi connectivity index (χ1v) is 12.6. The Labute approximate surface area is 224 Å². The number of halogens is 3. The number of H-pyrrole nitrogens is 1. The van der Waals surface area contributed by atoms with Gasteiger partial charge in [-0.05, 0) is 41.5 Å². The number of alkyl halides is 3. The zero-order valence-electron chi connectivity index (χ0n) is 20.3. The summed E-state index contributed by atoms with van der Waals surface area (Å²) in [5.74, 6) is -2.36. The Morgan fingerprint density at radius 3 is 2.38 bits per heavy atom. The number of imidazole rings is 1. The molecule has 0 radical (unpaired) electrons. The second kappa shape index (κ2) is 10.6. The maximum Gasteiger partial charge on any atom is 0.495 e. The maximum atomic E-state index is 13.6. The number of thiazole rings is 1. The Kier molecular flexibility index (Phi) is 7.03. The number of rotatable bonds is 6. The van der Waals surface area contributed by atoms with Crippen LogP contribution in [0.2, 0.25) is 0 Å². The van der Waals surface area contributed by atoms with Gasteiger partial charge in [-0.25, -0.2) is 24.4 Å². The van der Waals surface area contributed by atoms with Crippen molar-refractivity contribution in [2.45, 2.75) is 19.1 Å². The smallest absolute Gasteiger partial charge is 0.307 e. The predicted molar refractivity (Wildman–Crippen MR) is 140 cm³/mol. The van der Waals surface area contributed by atoms with Crippen molar-refractivity contribution in [3.8, 4) is 11.5 Å². The van der Waals surface area contributed by atoms with Gasteiger partial charge in [0.15, 0.2) is 11.2 Å². The van der Waals surface area contributed by atoms with Gasteiger partial charge < -0.3 is 5.32 Å². The van der Waals surface area contributed by atoms with Crippen molar-refractivity contribution in [1.29, 1.82) is 0 Å². The molecule has 2 amide bonds. The van der Waals surface area contributed by atoms with Crippen molar-refractivity contribution < 1.29 is 32.3 Å². The summed E-state index contributed by atoms with van der Waals surface area (Å²) < 4.78 is 39.9. The largest absolute Gasteiger partial charge is 0.495 e. The summed E-state index contributed by atoms with van der Waals surface area (Å²) in [4.78, 5) is 38.7. The van der Waals surface area contributed by atoms with Crippen molar-refractivity contribution in [3.05, 3.63) is 95.3 Å². The lowest BCUT2D eigenvalue weighted by Gasteiger charge is -2.30. The molecule has 0 saturated carbocycles. The lowest BCUT2D eigenvalue weighted by molar-refractivity contribution is -0.841. The molecule has 2 heterocycles. The highest BCUT2D eigenvalue weighted by atomic mass is 32.1. The highest BCUT2D eigenvalue weighted by Gasteiger charge is 2.44. The molecule has 8 nitrogen and oxygen atoms in total. The zero-order valence-corrected chi connectivity index (χ0v) is 21.2. The Bertz CT molecular complexity index is 1610. The van der Waals surface area contributed by atoms with E-state index in [-0.39, 0.29) is 28.8 Å². The number of hydrogen-bond acceptors (Lipinski definition) is 5. The van der Waals surface area contributed by atoms with E-state index >= 15 is 0 Å². The van der Waals surface area contributed by atoms with E-state index in [1.54, 1.807) is 34.5 Å². The van der Waals surface area contributed by atoms with E-state index in [2.05, 4.69) is 15.3 Å². The molecule has 12 heteroatoms. The number of aromatic amines is 1. The van der Waals surface area contributed by atoms with Crippen LogP contribution >= 0.6 is 11.3 Å². The highest BCUT2D eigenvalue weighted by molar-refractivity contribution is 7.07. The van der Waals surface area contributed by atoms with Crippen LogP contribution < -0.4 is 19.8 Å². The second-order valence-electron chi connectivity index (χ2n) is 8.47. The number of fused-ring (bicyclic) bond motifs is 1. The number of anilines is 2. The first kappa shape index (κ1) is 25.9. The van der Waals surface area contributed by atoms with Crippen molar-refractivity contribution >= 4 is 45.7 Å². The number of urea groups is 1. The van der Waals surface area contributed by atoms with E-state index < -0.39 is 18.2 Å². The van der Waals surface area contributed by atoms with E-state index in [0.717, 1.165) is 10.3 Å². The summed E-state index contributed by atoms with van der Waals surface area (Å²) in [6.45, 7) is 1.89. The Hall–Kier alpha value is -4.71. The van der Waals surface area contributed by atoms with Gasteiger partial charge in [-0.3, -0.25) is 4.90 Å². The van der Waals surface area contributed by atoms with Gasteiger partial charge in [-0.1, -0.05) is 48.5 Å². The maximum absolute atomic E-state index is 13.6. The molecule has 0 aliphatic heterocycles. The van der Waals surface area contributed by atoms with Gasteiger partial charge in [0, 0.05) is 22.8 Å². The topological polar surface area (TPSA) is 91.2 Å². The van der Waals surface area contributed by atoms with Gasteiger partial charge in [0.1, 0.15) is 0 Å². The molecular weight excluding hydrogens is 531 g/mol. The van der Waals surface area contributed by atoms with Gasteiger partial charge in [0.25, 0.3) is 0 Å². The van der Waals surface area contributed by atoms with Crippen LogP contribution in [-0.2, 0) is 4.79 Å². The molecule has 3 aromatic carbocycles. The normalized spacial score (nSPS) is 12.2. The molecule has 198 valence electrons. The predicted octanol–water partition coefficient (Wildman–Crippen LogP) is 5.90. The number of amides is 2. The fourth-order valence-electron chi connectivity index (χ4n) is 4.08. The number of para-hydroxylation sites is 1. The summed E-state index contributed by atoms with van der Waals surface area (Å²) in [7, 11) is 0. The molecule has 1 atom stereocenters. The van der Waals surface area contributed by atoms with E-state index in [9.17, 15) is 22.8 Å². The molecule has 2 aromatic heterocycles. The number of aromatic nitrogens is 3. The van der Waals surface area contributed by atoms with Crippen molar-refractivity contribution in [2.75, 3.05) is 10.2 Å². The lowest BCUT2D eigenvalue weighted by atomic mass is 10.1.